The van der Waals surface area contributed by atoms with Gasteiger partial charge in [-0.25, -0.2) is 4.98 Å². The average molecular weight is 676 g/mol. The molecule has 52 heavy (non-hydrogen) atoms. The zero-order valence-corrected chi connectivity index (χ0v) is 30.1. The molecule has 0 atom stereocenters. The van der Waals surface area contributed by atoms with Crippen LogP contribution in [0.2, 0.25) is 0 Å². The van der Waals surface area contributed by atoms with Gasteiger partial charge in [-0.3, -0.25) is 4.57 Å². The number of nitrogens with zero attached hydrogens (tertiary/aromatic N) is 5. The fourth-order valence-corrected chi connectivity index (χ4v) is 8.06. The van der Waals surface area contributed by atoms with E-state index < -0.39 is 0 Å². The largest absolute Gasteiger partial charge is 0.307 e. The molecule has 0 saturated carbocycles. The lowest BCUT2D eigenvalue weighted by Gasteiger charge is -2.20. The Bertz CT molecular complexity index is 2660. The van der Waals surface area contributed by atoms with Gasteiger partial charge >= 0.3 is 0 Å². The molecular weight excluding hydrogens is 635 g/mol. The Labute approximate surface area is 304 Å². The fourth-order valence-electron chi connectivity index (χ4n) is 8.06. The first-order valence-corrected chi connectivity index (χ1v) is 18.4. The SMILES string of the molecule is CC(C)Cc1c(CC(C)C)c2c3ccccc3n(-c3nc(-c4ccccc4)nc(-c4ccccc4)n3)c2c2c1c1ccccc1n2-c1ccccc1. The Morgan fingerprint density at radius 2 is 0.846 bits per heavy atom. The van der Waals surface area contributed by atoms with E-state index in [1.807, 2.05) is 36.4 Å². The second kappa shape index (κ2) is 12.9. The lowest BCUT2D eigenvalue weighted by molar-refractivity contribution is 0.621. The molecule has 0 spiro atoms. The maximum Gasteiger partial charge on any atom is 0.238 e. The van der Waals surface area contributed by atoms with Gasteiger partial charge < -0.3 is 4.57 Å². The zero-order valence-electron chi connectivity index (χ0n) is 30.1. The van der Waals surface area contributed by atoms with Crippen LogP contribution < -0.4 is 0 Å². The predicted molar refractivity (Wildman–Crippen MR) is 216 cm³/mol. The van der Waals surface area contributed by atoms with Gasteiger partial charge in [0.25, 0.3) is 0 Å². The summed E-state index contributed by atoms with van der Waals surface area (Å²) in [7, 11) is 0. The molecule has 6 aromatic carbocycles. The molecule has 5 heteroatoms. The van der Waals surface area contributed by atoms with Gasteiger partial charge in [0, 0.05) is 38.4 Å². The minimum Gasteiger partial charge on any atom is -0.307 e. The van der Waals surface area contributed by atoms with E-state index >= 15 is 0 Å². The van der Waals surface area contributed by atoms with Crippen LogP contribution in [0.1, 0.15) is 38.8 Å². The number of hydrogen-bond acceptors (Lipinski definition) is 3. The smallest absolute Gasteiger partial charge is 0.238 e. The summed E-state index contributed by atoms with van der Waals surface area (Å²) in [6.07, 6.45) is 1.95. The summed E-state index contributed by atoms with van der Waals surface area (Å²) in [6, 6.07) is 49.1. The van der Waals surface area contributed by atoms with E-state index in [2.05, 4.69) is 140 Å². The summed E-state index contributed by atoms with van der Waals surface area (Å²) < 4.78 is 4.80. The summed E-state index contributed by atoms with van der Waals surface area (Å²) in [4.78, 5) is 15.7. The van der Waals surface area contributed by atoms with Crippen LogP contribution in [0.15, 0.2) is 140 Å². The maximum atomic E-state index is 5.33. The van der Waals surface area contributed by atoms with Gasteiger partial charge in [-0.05, 0) is 60.1 Å². The monoisotopic (exact) mass is 675 g/mol. The predicted octanol–water partition coefficient (Wildman–Crippen LogP) is 11.8. The van der Waals surface area contributed by atoms with Crippen LogP contribution in [0, 0.1) is 11.8 Å². The second-order valence-corrected chi connectivity index (χ2v) is 14.7. The summed E-state index contributed by atoms with van der Waals surface area (Å²) in [5.41, 5.74) is 10.5. The van der Waals surface area contributed by atoms with E-state index in [1.165, 1.54) is 43.7 Å². The third-order valence-electron chi connectivity index (χ3n) is 10.1. The van der Waals surface area contributed by atoms with Gasteiger partial charge in [0.05, 0.1) is 22.1 Å². The van der Waals surface area contributed by atoms with E-state index in [0.717, 1.165) is 40.7 Å². The van der Waals surface area contributed by atoms with Crippen LogP contribution in [0.5, 0.6) is 0 Å². The van der Waals surface area contributed by atoms with Crippen molar-refractivity contribution in [2.24, 2.45) is 11.8 Å². The van der Waals surface area contributed by atoms with Gasteiger partial charge in [-0.2, -0.15) is 9.97 Å². The van der Waals surface area contributed by atoms with Crippen LogP contribution in [-0.2, 0) is 12.8 Å². The molecule has 0 saturated heterocycles. The molecule has 3 heterocycles. The molecule has 0 unspecified atom stereocenters. The van der Waals surface area contributed by atoms with Crippen molar-refractivity contribution in [2.75, 3.05) is 0 Å². The van der Waals surface area contributed by atoms with Crippen LogP contribution >= 0.6 is 0 Å². The highest BCUT2D eigenvalue weighted by Crippen LogP contribution is 2.46. The van der Waals surface area contributed by atoms with Crippen molar-refractivity contribution < 1.29 is 0 Å². The number of benzene rings is 6. The number of rotatable bonds is 8. The van der Waals surface area contributed by atoms with Gasteiger partial charge in [-0.1, -0.05) is 143 Å². The van der Waals surface area contributed by atoms with E-state index in [1.54, 1.807) is 0 Å². The van der Waals surface area contributed by atoms with Gasteiger partial charge in [0.15, 0.2) is 11.6 Å². The molecule has 254 valence electrons. The quantitative estimate of drug-likeness (QED) is 0.161. The van der Waals surface area contributed by atoms with Crippen molar-refractivity contribution in [1.82, 2.24) is 24.1 Å². The molecule has 5 nitrogen and oxygen atoms in total. The molecule has 0 aliphatic heterocycles. The standard InChI is InChI=1S/C47H41N5/c1-30(2)28-37-38(29-31(3)4)42-36-25-15-17-27-40(36)52(44(42)43-41(37)35-24-14-16-26-39(35)51(43)34-22-12-7-13-23-34)47-49-45(32-18-8-5-9-19-32)48-46(50-47)33-20-10-6-11-21-33/h5-27,30-31H,28-29H2,1-4H3. The molecule has 3 aromatic heterocycles. The van der Waals surface area contributed by atoms with Crippen LogP contribution in [0.4, 0.5) is 0 Å². The van der Waals surface area contributed by atoms with Gasteiger partial charge in [0.1, 0.15) is 0 Å². The van der Waals surface area contributed by atoms with Crippen molar-refractivity contribution in [3.63, 3.8) is 0 Å². The van der Waals surface area contributed by atoms with E-state index in [9.17, 15) is 0 Å². The van der Waals surface area contributed by atoms with E-state index in [0.29, 0.717) is 29.4 Å². The first kappa shape index (κ1) is 31.9. The van der Waals surface area contributed by atoms with Gasteiger partial charge in [0.2, 0.25) is 5.95 Å². The van der Waals surface area contributed by atoms with Crippen LogP contribution in [-0.4, -0.2) is 24.1 Å². The van der Waals surface area contributed by atoms with Crippen LogP contribution in [0.25, 0.3) is 78.0 Å². The Morgan fingerprint density at radius 3 is 1.33 bits per heavy atom. The Balaban J connectivity index is 1.55. The summed E-state index contributed by atoms with van der Waals surface area (Å²) >= 11 is 0. The number of para-hydroxylation sites is 3. The van der Waals surface area contributed by atoms with Crippen LogP contribution in [0.3, 0.4) is 0 Å². The number of aromatic nitrogens is 5. The summed E-state index contributed by atoms with van der Waals surface area (Å²) in [5.74, 6) is 2.84. The average Bonchev–Trinajstić information content (AvgIpc) is 3.70. The molecule has 9 rings (SSSR count). The Kier molecular flexibility index (Phi) is 7.92. The highest BCUT2D eigenvalue weighted by Gasteiger charge is 2.29. The molecular formula is C47H41N5. The maximum absolute atomic E-state index is 5.33. The van der Waals surface area contributed by atoms with Crippen molar-refractivity contribution in [3.8, 4) is 34.4 Å². The number of fused-ring (bicyclic) bond motifs is 7. The molecule has 0 N–H and O–H groups in total. The minimum atomic E-state index is 0.461. The summed E-state index contributed by atoms with van der Waals surface area (Å²) in [6.45, 7) is 9.36. The summed E-state index contributed by atoms with van der Waals surface area (Å²) in [5, 5.41) is 5.09. The molecule has 9 aromatic rings. The first-order chi connectivity index (χ1) is 25.5. The van der Waals surface area contributed by atoms with Crippen molar-refractivity contribution in [2.45, 2.75) is 40.5 Å². The molecule has 0 amide bonds. The molecule has 0 bridgehead atoms. The van der Waals surface area contributed by atoms with E-state index in [4.69, 9.17) is 15.0 Å². The lowest BCUT2D eigenvalue weighted by Crippen LogP contribution is -2.09. The molecule has 0 radical (unpaired) electrons. The normalized spacial score (nSPS) is 12.0. The lowest BCUT2D eigenvalue weighted by atomic mass is 9.86. The Morgan fingerprint density at radius 1 is 0.442 bits per heavy atom. The third-order valence-corrected chi connectivity index (χ3v) is 10.1. The van der Waals surface area contributed by atoms with Crippen molar-refractivity contribution in [1.29, 1.82) is 0 Å². The van der Waals surface area contributed by atoms with Gasteiger partial charge in [-0.15, -0.1) is 0 Å². The number of hydrogen-bond donors (Lipinski definition) is 0. The Hall–Kier alpha value is -6.07. The molecule has 0 aliphatic rings. The third kappa shape index (κ3) is 5.27. The van der Waals surface area contributed by atoms with Crippen molar-refractivity contribution in [3.05, 3.63) is 151 Å². The van der Waals surface area contributed by atoms with E-state index in [-0.39, 0.29) is 0 Å². The first-order valence-electron chi connectivity index (χ1n) is 18.4. The fraction of sp³-hybridized carbons (Fsp3) is 0.170. The second-order valence-electron chi connectivity index (χ2n) is 14.7. The topological polar surface area (TPSA) is 48.5 Å². The minimum absolute atomic E-state index is 0.461. The van der Waals surface area contributed by atoms with Crippen molar-refractivity contribution >= 4 is 43.6 Å². The molecule has 0 aliphatic carbocycles. The highest BCUT2D eigenvalue weighted by atomic mass is 15.2. The highest BCUT2D eigenvalue weighted by molar-refractivity contribution is 6.26. The molecule has 0 fully saturated rings. The zero-order chi connectivity index (χ0) is 35.3.